The molecule has 0 aromatic heterocycles. The molecule has 4 heteroatoms. The van der Waals surface area contributed by atoms with Crippen molar-refractivity contribution in [3.63, 3.8) is 0 Å². The van der Waals surface area contributed by atoms with E-state index in [0.29, 0.717) is 6.17 Å². The summed E-state index contributed by atoms with van der Waals surface area (Å²) in [5.74, 6) is 0.893. The molecule has 3 nitrogen and oxygen atoms in total. The quantitative estimate of drug-likeness (QED) is 0.674. The highest BCUT2D eigenvalue weighted by Gasteiger charge is 2.13. The topological polar surface area (TPSA) is 33.3 Å². The summed E-state index contributed by atoms with van der Waals surface area (Å²) in [5.41, 5.74) is 1.16. The van der Waals surface area contributed by atoms with E-state index in [1.54, 1.807) is 19.1 Å². The highest BCUT2D eigenvalue weighted by molar-refractivity contribution is 7.97. The zero-order chi connectivity index (χ0) is 9.26. The van der Waals surface area contributed by atoms with Crippen LogP contribution in [0.15, 0.2) is 23.1 Å². The molecule has 0 amide bonds. The van der Waals surface area contributed by atoms with Crippen molar-refractivity contribution in [1.29, 1.82) is 0 Å². The molecule has 2 N–H and O–H groups in total. The summed E-state index contributed by atoms with van der Waals surface area (Å²) in [7, 11) is 1.68. The molecule has 1 unspecified atom stereocenters. The molecule has 1 aliphatic rings. The number of nitrogens with one attached hydrogen (secondary N) is 2. The molecule has 0 fully saturated rings. The van der Waals surface area contributed by atoms with Gasteiger partial charge in [0.15, 0.2) is 0 Å². The third-order valence-corrected chi connectivity index (χ3v) is 2.94. The van der Waals surface area contributed by atoms with Gasteiger partial charge in [-0.25, -0.2) is 4.72 Å². The van der Waals surface area contributed by atoms with Crippen LogP contribution in [0.4, 0.5) is 5.69 Å². The van der Waals surface area contributed by atoms with E-state index in [1.807, 2.05) is 18.2 Å². The summed E-state index contributed by atoms with van der Waals surface area (Å²) in [6, 6.07) is 6.02. The van der Waals surface area contributed by atoms with Gasteiger partial charge in [-0.05, 0) is 37.1 Å². The fraction of sp³-hybridized carbons (Fsp3) is 0.333. The van der Waals surface area contributed by atoms with Gasteiger partial charge in [0, 0.05) is 4.90 Å². The zero-order valence-electron chi connectivity index (χ0n) is 7.63. The predicted molar refractivity (Wildman–Crippen MR) is 55.1 cm³/mol. The third kappa shape index (κ3) is 1.73. The Balaban J connectivity index is 2.31. The second kappa shape index (κ2) is 3.47. The van der Waals surface area contributed by atoms with E-state index in [-0.39, 0.29) is 0 Å². The van der Waals surface area contributed by atoms with Gasteiger partial charge in [-0.2, -0.15) is 0 Å². The maximum absolute atomic E-state index is 5.14. The second-order valence-electron chi connectivity index (χ2n) is 2.95. The summed E-state index contributed by atoms with van der Waals surface area (Å²) >= 11 is 1.63. The van der Waals surface area contributed by atoms with Crippen molar-refractivity contribution in [2.75, 3.05) is 12.4 Å². The van der Waals surface area contributed by atoms with Crippen LogP contribution in [-0.2, 0) is 0 Å². The lowest BCUT2D eigenvalue weighted by Gasteiger charge is -2.24. The fourth-order valence-electron chi connectivity index (χ4n) is 1.25. The van der Waals surface area contributed by atoms with E-state index in [1.165, 1.54) is 4.90 Å². The highest BCUT2D eigenvalue weighted by atomic mass is 32.2. The second-order valence-corrected chi connectivity index (χ2v) is 3.83. The highest BCUT2D eigenvalue weighted by Crippen LogP contribution is 2.32. The first-order valence-corrected chi connectivity index (χ1v) is 4.98. The molecule has 1 atom stereocenters. The SMILES string of the molecule is COc1ccc2c(c1)SNC(C)N2. The lowest BCUT2D eigenvalue weighted by atomic mass is 10.3. The van der Waals surface area contributed by atoms with E-state index in [2.05, 4.69) is 17.0 Å². The first kappa shape index (κ1) is 8.72. The normalized spacial score (nSPS) is 20.3. The van der Waals surface area contributed by atoms with Crippen molar-refractivity contribution in [2.24, 2.45) is 0 Å². The number of hydrogen-bond acceptors (Lipinski definition) is 4. The summed E-state index contributed by atoms with van der Waals surface area (Å²) in [6.45, 7) is 2.08. The number of methoxy groups -OCH3 is 1. The van der Waals surface area contributed by atoms with E-state index < -0.39 is 0 Å². The molecule has 1 aromatic carbocycles. The monoisotopic (exact) mass is 196 g/mol. The third-order valence-electron chi connectivity index (χ3n) is 1.91. The predicted octanol–water partition coefficient (Wildman–Crippen LogP) is 2.06. The van der Waals surface area contributed by atoms with E-state index in [4.69, 9.17) is 4.74 Å². The number of fused-ring (bicyclic) bond motifs is 1. The maximum Gasteiger partial charge on any atom is 0.120 e. The Morgan fingerprint density at radius 1 is 1.46 bits per heavy atom. The largest absolute Gasteiger partial charge is 0.497 e. The molecule has 0 aliphatic carbocycles. The number of benzene rings is 1. The van der Waals surface area contributed by atoms with Crippen LogP contribution in [0.5, 0.6) is 5.75 Å². The maximum atomic E-state index is 5.14. The van der Waals surface area contributed by atoms with Crippen LogP contribution < -0.4 is 14.8 Å². The molecule has 0 saturated carbocycles. The molecule has 2 rings (SSSR count). The average Bonchev–Trinajstić information content (AvgIpc) is 2.17. The Morgan fingerprint density at radius 3 is 3.08 bits per heavy atom. The molecule has 13 heavy (non-hydrogen) atoms. The number of hydrogen-bond donors (Lipinski definition) is 2. The van der Waals surface area contributed by atoms with Gasteiger partial charge in [0.2, 0.25) is 0 Å². The van der Waals surface area contributed by atoms with Gasteiger partial charge in [-0.1, -0.05) is 0 Å². The van der Waals surface area contributed by atoms with Gasteiger partial charge in [0.1, 0.15) is 5.75 Å². The minimum absolute atomic E-state index is 0.311. The zero-order valence-corrected chi connectivity index (χ0v) is 8.44. The first-order chi connectivity index (χ1) is 6.29. The van der Waals surface area contributed by atoms with Gasteiger partial charge in [0.25, 0.3) is 0 Å². The standard InChI is InChI=1S/C9H12N2OS/c1-6-10-8-4-3-7(12-2)5-9(8)13-11-6/h3-6,10-11H,1-2H3. The van der Waals surface area contributed by atoms with E-state index >= 15 is 0 Å². The minimum atomic E-state index is 0.311. The van der Waals surface area contributed by atoms with Crippen LogP contribution >= 0.6 is 11.9 Å². The Labute approximate surface area is 82.0 Å². The van der Waals surface area contributed by atoms with E-state index in [0.717, 1.165) is 11.4 Å². The molecular weight excluding hydrogens is 184 g/mol. The van der Waals surface area contributed by atoms with Gasteiger partial charge in [0.05, 0.1) is 19.0 Å². The van der Waals surface area contributed by atoms with Crippen LogP contribution in [0, 0.1) is 0 Å². The van der Waals surface area contributed by atoms with Gasteiger partial charge in [-0.15, -0.1) is 0 Å². The fourth-order valence-corrected chi connectivity index (χ4v) is 2.02. The summed E-state index contributed by atoms with van der Waals surface area (Å²) in [4.78, 5) is 1.18. The Bertz CT molecular complexity index is 316. The Kier molecular flexibility index (Phi) is 2.33. The van der Waals surface area contributed by atoms with Crippen LogP contribution in [0.3, 0.4) is 0 Å². The average molecular weight is 196 g/mol. The van der Waals surface area contributed by atoms with Crippen LogP contribution in [-0.4, -0.2) is 13.3 Å². The molecule has 1 heterocycles. The smallest absolute Gasteiger partial charge is 0.120 e. The number of rotatable bonds is 1. The van der Waals surface area contributed by atoms with Crippen molar-refractivity contribution >= 4 is 17.6 Å². The Morgan fingerprint density at radius 2 is 2.31 bits per heavy atom. The number of ether oxygens (including phenoxy) is 1. The molecule has 0 radical (unpaired) electrons. The molecule has 0 bridgehead atoms. The summed E-state index contributed by atoms with van der Waals surface area (Å²) in [6.07, 6.45) is 0.311. The van der Waals surface area contributed by atoms with Crippen LogP contribution in [0.1, 0.15) is 6.92 Å². The summed E-state index contributed by atoms with van der Waals surface area (Å²) < 4.78 is 8.38. The van der Waals surface area contributed by atoms with E-state index in [9.17, 15) is 0 Å². The van der Waals surface area contributed by atoms with Crippen molar-refractivity contribution in [2.45, 2.75) is 18.0 Å². The van der Waals surface area contributed by atoms with Crippen LogP contribution in [0.2, 0.25) is 0 Å². The van der Waals surface area contributed by atoms with Crippen molar-refractivity contribution < 1.29 is 4.74 Å². The van der Waals surface area contributed by atoms with Crippen molar-refractivity contribution in [3.8, 4) is 5.75 Å². The molecular formula is C9H12N2OS. The Hall–Kier alpha value is -0.870. The lowest BCUT2D eigenvalue weighted by Crippen LogP contribution is -2.31. The van der Waals surface area contributed by atoms with Gasteiger partial charge < -0.3 is 10.1 Å². The summed E-state index contributed by atoms with van der Waals surface area (Å²) in [5, 5.41) is 3.32. The molecule has 70 valence electrons. The molecule has 0 spiro atoms. The van der Waals surface area contributed by atoms with Crippen LogP contribution in [0.25, 0.3) is 0 Å². The van der Waals surface area contributed by atoms with Gasteiger partial charge >= 0.3 is 0 Å². The number of anilines is 1. The molecule has 1 aromatic rings. The first-order valence-electron chi connectivity index (χ1n) is 4.16. The van der Waals surface area contributed by atoms with Crippen molar-refractivity contribution in [3.05, 3.63) is 18.2 Å². The lowest BCUT2D eigenvalue weighted by molar-refractivity contribution is 0.413. The van der Waals surface area contributed by atoms with Gasteiger partial charge in [-0.3, -0.25) is 0 Å². The van der Waals surface area contributed by atoms with Crippen molar-refractivity contribution in [1.82, 2.24) is 4.72 Å². The minimum Gasteiger partial charge on any atom is -0.497 e. The molecule has 0 saturated heterocycles. The molecule has 1 aliphatic heterocycles.